The van der Waals surface area contributed by atoms with Crippen LogP contribution in [0.4, 0.5) is 13.2 Å². The lowest BCUT2D eigenvalue weighted by molar-refractivity contribution is -0.142. The molecule has 0 spiro atoms. The third-order valence-electron chi connectivity index (χ3n) is 5.75. The molecular weight excluding hydrogens is 449 g/mol. The molecule has 5 rings (SSSR count). The van der Waals surface area contributed by atoms with E-state index in [1.165, 1.54) is 17.9 Å². The summed E-state index contributed by atoms with van der Waals surface area (Å²) in [5.74, 6) is -1.16. The van der Waals surface area contributed by atoms with Gasteiger partial charge in [0.25, 0.3) is 11.7 Å². The van der Waals surface area contributed by atoms with Crippen LogP contribution < -0.4 is 5.32 Å². The Morgan fingerprint density at radius 3 is 2.53 bits per heavy atom. The van der Waals surface area contributed by atoms with Gasteiger partial charge in [-0.2, -0.15) is 22.7 Å². The normalized spacial score (nSPS) is 15.6. The van der Waals surface area contributed by atoms with E-state index in [4.69, 9.17) is 4.42 Å². The van der Waals surface area contributed by atoms with Crippen LogP contribution >= 0.6 is 0 Å². The molecule has 1 aromatic carbocycles. The number of hydrogen-bond donors (Lipinski definition) is 1. The number of rotatable bonds is 5. The number of benzene rings is 1. The molecule has 1 aliphatic rings. The van der Waals surface area contributed by atoms with Crippen molar-refractivity contribution in [2.24, 2.45) is 0 Å². The van der Waals surface area contributed by atoms with Gasteiger partial charge in [0.15, 0.2) is 11.5 Å². The lowest BCUT2D eigenvalue weighted by Gasteiger charge is -2.32. The molecule has 4 aromatic rings. The molecule has 1 fully saturated rings. The van der Waals surface area contributed by atoms with E-state index in [1.54, 1.807) is 6.07 Å². The molecule has 0 saturated carbocycles. The molecule has 176 valence electrons. The highest BCUT2D eigenvalue weighted by Crippen LogP contribution is 2.32. The number of hydrogen-bond acceptors (Lipinski definition) is 6. The number of carbonyl (C=O) groups is 1. The Morgan fingerprint density at radius 1 is 1.09 bits per heavy atom. The van der Waals surface area contributed by atoms with Gasteiger partial charge >= 0.3 is 6.18 Å². The minimum Gasteiger partial charge on any atom is -0.463 e. The maximum atomic E-state index is 13.7. The summed E-state index contributed by atoms with van der Waals surface area (Å²) in [6, 6.07) is 13.9. The largest absolute Gasteiger partial charge is 0.463 e. The monoisotopic (exact) mass is 470 g/mol. The number of amides is 1. The molecule has 11 heteroatoms. The van der Waals surface area contributed by atoms with Gasteiger partial charge in [0, 0.05) is 25.7 Å². The first kappa shape index (κ1) is 22.1. The number of likely N-dealkylation sites (tertiary alicyclic amines) is 1. The van der Waals surface area contributed by atoms with Crippen LogP contribution in [0.15, 0.2) is 59.2 Å². The molecule has 0 bridgehead atoms. The van der Waals surface area contributed by atoms with Gasteiger partial charge in [0.2, 0.25) is 5.82 Å². The molecule has 1 saturated heterocycles. The van der Waals surface area contributed by atoms with Gasteiger partial charge < -0.3 is 9.73 Å². The Bertz CT molecular complexity index is 1280. The molecule has 4 heterocycles. The molecule has 0 aliphatic carbocycles. The summed E-state index contributed by atoms with van der Waals surface area (Å²) in [6.45, 7) is 2.43. The predicted molar refractivity (Wildman–Crippen MR) is 116 cm³/mol. The summed E-state index contributed by atoms with van der Waals surface area (Å²) in [5.41, 5.74) is 0.0837. The van der Waals surface area contributed by atoms with E-state index in [1.807, 2.05) is 18.2 Å². The van der Waals surface area contributed by atoms with Gasteiger partial charge in [0.05, 0.1) is 6.26 Å². The summed E-state index contributed by atoms with van der Waals surface area (Å²) < 4.78 is 46.7. The smallest absolute Gasteiger partial charge is 0.433 e. The van der Waals surface area contributed by atoms with Crippen molar-refractivity contribution in [2.45, 2.75) is 31.6 Å². The average Bonchev–Trinajstić information content (AvgIpc) is 3.50. The fourth-order valence-corrected chi connectivity index (χ4v) is 4.04. The third-order valence-corrected chi connectivity index (χ3v) is 5.75. The van der Waals surface area contributed by atoms with Crippen LogP contribution in [-0.2, 0) is 12.7 Å². The molecule has 0 unspecified atom stereocenters. The van der Waals surface area contributed by atoms with Gasteiger partial charge in [-0.3, -0.25) is 9.69 Å². The van der Waals surface area contributed by atoms with E-state index in [2.05, 4.69) is 37.4 Å². The Labute approximate surface area is 192 Å². The maximum absolute atomic E-state index is 13.7. The number of alkyl halides is 3. The molecule has 1 N–H and O–H groups in total. The third kappa shape index (κ3) is 4.65. The highest BCUT2D eigenvalue weighted by Gasteiger charge is 2.36. The first-order chi connectivity index (χ1) is 16.4. The van der Waals surface area contributed by atoms with Crippen LogP contribution in [0.2, 0.25) is 0 Å². The Balaban J connectivity index is 1.30. The molecule has 34 heavy (non-hydrogen) atoms. The zero-order valence-electron chi connectivity index (χ0n) is 18.0. The van der Waals surface area contributed by atoms with Crippen molar-refractivity contribution < 1.29 is 22.4 Å². The van der Waals surface area contributed by atoms with Crippen LogP contribution in [0.25, 0.3) is 17.2 Å². The number of nitrogens with zero attached hydrogens (tertiary/aromatic N) is 5. The first-order valence-corrected chi connectivity index (χ1v) is 10.8. The number of carbonyl (C=O) groups excluding carboxylic acids is 1. The topological polar surface area (TPSA) is 88.6 Å². The summed E-state index contributed by atoms with van der Waals surface area (Å²) >= 11 is 0. The van der Waals surface area contributed by atoms with Crippen molar-refractivity contribution in [2.75, 3.05) is 13.1 Å². The Morgan fingerprint density at radius 2 is 1.85 bits per heavy atom. The van der Waals surface area contributed by atoms with Crippen molar-refractivity contribution in [1.82, 2.24) is 29.8 Å². The summed E-state index contributed by atoms with van der Waals surface area (Å²) in [5, 5.41) is 6.66. The fraction of sp³-hybridized carbons (Fsp3) is 0.304. The molecule has 3 aromatic heterocycles. The van der Waals surface area contributed by atoms with Gasteiger partial charge in [-0.15, -0.1) is 5.10 Å². The van der Waals surface area contributed by atoms with E-state index in [0.717, 1.165) is 38.5 Å². The number of furan rings is 1. The van der Waals surface area contributed by atoms with E-state index in [-0.39, 0.29) is 29.1 Å². The Kier molecular flexibility index (Phi) is 5.78. The van der Waals surface area contributed by atoms with E-state index in [9.17, 15) is 18.0 Å². The molecule has 1 amide bonds. The van der Waals surface area contributed by atoms with Crippen molar-refractivity contribution in [3.63, 3.8) is 0 Å². The first-order valence-electron chi connectivity index (χ1n) is 10.8. The average molecular weight is 470 g/mol. The second-order valence-electron chi connectivity index (χ2n) is 8.16. The molecule has 1 aliphatic heterocycles. The van der Waals surface area contributed by atoms with Crippen LogP contribution in [0, 0.1) is 0 Å². The molecular formula is C23H21F3N6O2. The highest BCUT2D eigenvalue weighted by atomic mass is 19.4. The fourth-order valence-electron chi connectivity index (χ4n) is 4.04. The minimum absolute atomic E-state index is 0.0463. The molecule has 8 nitrogen and oxygen atoms in total. The zero-order chi connectivity index (χ0) is 23.7. The van der Waals surface area contributed by atoms with E-state index < -0.39 is 17.8 Å². The standard InChI is InChI=1S/C23H21F3N6O2/c24-23(25,26)19-13-17(18-7-4-12-34-18)28-22-29-20(30-32(19)22)21(33)27-16-8-10-31(11-9-16)14-15-5-2-1-3-6-15/h1-7,12-13,16H,8-11,14H2,(H,27,33). The van der Waals surface area contributed by atoms with Crippen molar-refractivity contribution in [1.29, 1.82) is 0 Å². The van der Waals surface area contributed by atoms with Crippen LogP contribution in [-0.4, -0.2) is 49.5 Å². The lowest BCUT2D eigenvalue weighted by Crippen LogP contribution is -2.44. The van der Waals surface area contributed by atoms with Crippen LogP contribution in [0.5, 0.6) is 0 Å². The van der Waals surface area contributed by atoms with Gasteiger partial charge in [-0.1, -0.05) is 30.3 Å². The molecule has 0 atom stereocenters. The lowest BCUT2D eigenvalue weighted by atomic mass is 10.0. The van der Waals surface area contributed by atoms with Crippen molar-refractivity contribution >= 4 is 11.7 Å². The summed E-state index contributed by atoms with van der Waals surface area (Å²) in [6.07, 6.45) is -1.95. The van der Waals surface area contributed by atoms with Gasteiger partial charge in [-0.05, 0) is 36.6 Å². The summed E-state index contributed by atoms with van der Waals surface area (Å²) in [4.78, 5) is 23.1. The number of piperidine rings is 1. The van der Waals surface area contributed by atoms with E-state index >= 15 is 0 Å². The number of aromatic nitrogens is 4. The minimum atomic E-state index is -4.73. The molecule has 0 radical (unpaired) electrons. The SMILES string of the molecule is O=C(NC1CCN(Cc2ccccc2)CC1)c1nc2nc(-c3ccco3)cc(C(F)(F)F)n2n1. The van der Waals surface area contributed by atoms with E-state index in [0.29, 0.717) is 4.52 Å². The second-order valence-corrected chi connectivity index (χ2v) is 8.16. The van der Waals surface area contributed by atoms with Crippen molar-refractivity contribution in [3.8, 4) is 11.5 Å². The number of nitrogens with one attached hydrogen (secondary N) is 1. The highest BCUT2D eigenvalue weighted by molar-refractivity contribution is 5.91. The Hall–Kier alpha value is -3.73. The van der Waals surface area contributed by atoms with Crippen LogP contribution in [0.1, 0.15) is 34.7 Å². The zero-order valence-corrected chi connectivity index (χ0v) is 18.0. The van der Waals surface area contributed by atoms with Gasteiger partial charge in [0.1, 0.15) is 5.69 Å². The van der Waals surface area contributed by atoms with Crippen LogP contribution in [0.3, 0.4) is 0 Å². The van der Waals surface area contributed by atoms with Crippen molar-refractivity contribution in [3.05, 3.63) is 71.9 Å². The quantitative estimate of drug-likeness (QED) is 0.478. The van der Waals surface area contributed by atoms with Gasteiger partial charge in [-0.25, -0.2) is 4.98 Å². The second kappa shape index (κ2) is 8.90. The maximum Gasteiger partial charge on any atom is 0.433 e. The summed E-state index contributed by atoms with van der Waals surface area (Å²) in [7, 11) is 0. The number of fused-ring (bicyclic) bond motifs is 1. The predicted octanol–water partition coefficient (Wildman–Crippen LogP) is 3.80. The number of halogens is 3.